The number of nitrogen functional groups attached to an aromatic ring is 1. The van der Waals surface area contributed by atoms with Crippen LogP contribution in [-0.2, 0) is 6.42 Å². The number of likely N-dealkylation sites (tertiary alicyclic amines) is 1. The molecule has 26 heavy (non-hydrogen) atoms. The van der Waals surface area contributed by atoms with Crippen molar-refractivity contribution in [2.24, 2.45) is 23.7 Å². The zero-order chi connectivity index (χ0) is 17.8. The number of nitrogens with two attached hydrogens (primary N) is 1. The number of nitrogens with zero attached hydrogens (tertiary/aromatic N) is 1. The number of nitrogens with one attached hydrogen (secondary N) is 1. The van der Waals surface area contributed by atoms with Gasteiger partial charge in [-0.2, -0.15) is 0 Å². The minimum atomic E-state index is -0.0115. The second-order valence-corrected chi connectivity index (χ2v) is 8.78. The highest BCUT2D eigenvalue weighted by molar-refractivity contribution is 5.98. The zero-order valence-corrected chi connectivity index (χ0v) is 15.6. The molecule has 5 heteroatoms. The molecular weight excluding hydrogens is 326 g/mol. The van der Waals surface area contributed by atoms with E-state index < -0.39 is 0 Å². The summed E-state index contributed by atoms with van der Waals surface area (Å²) >= 11 is 0. The van der Waals surface area contributed by atoms with Crippen LogP contribution in [0.4, 0.5) is 5.69 Å². The first-order valence-corrected chi connectivity index (χ1v) is 10.2. The number of ether oxygens (including phenoxy) is 1. The second-order valence-electron chi connectivity index (χ2n) is 8.78. The van der Waals surface area contributed by atoms with Crippen molar-refractivity contribution in [3.8, 4) is 5.75 Å². The van der Waals surface area contributed by atoms with Crippen molar-refractivity contribution in [2.45, 2.75) is 32.6 Å². The number of carbonyl (C=O) groups excluding carboxylic acids is 1. The monoisotopic (exact) mass is 355 g/mol. The maximum Gasteiger partial charge on any atom is 0.255 e. The van der Waals surface area contributed by atoms with E-state index >= 15 is 0 Å². The largest absolute Gasteiger partial charge is 0.492 e. The first-order chi connectivity index (χ1) is 12.6. The van der Waals surface area contributed by atoms with Crippen LogP contribution in [0.1, 0.15) is 40.7 Å². The van der Waals surface area contributed by atoms with Gasteiger partial charge in [-0.15, -0.1) is 0 Å². The van der Waals surface area contributed by atoms with Gasteiger partial charge in [0.15, 0.2) is 0 Å². The molecule has 0 spiro atoms. The van der Waals surface area contributed by atoms with E-state index in [1.54, 1.807) is 0 Å². The Morgan fingerprint density at radius 1 is 1.35 bits per heavy atom. The summed E-state index contributed by atoms with van der Waals surface area (Å²) < 4.78 is 5.70. The molecule has 5 rings (SSSR count). The van der Waals surface area contributed by atoms with Crippen molar-refractivity contribution in [1.29, 1.82) is 0 Å². The molecule has 1 amide bonds. The van der Waals surface area contributed by atoms with Gasteiger partial charge in [0.25, 0.3) is 5.91 Å². The molecule has 2 aliphatic carbocycles. The molecular formula is C21H29N3O2. The number of carbonyl (C=O) groups is 1. The molecule has 0 radical (unpaired) electrons. The first kappa shape index (κ1) is 16.4. The molecule has 2 saturated carbocycles. The van der Waals surface area contributed by atoms with Crippen molar-refractivity contribution in [1.82, 2.24) is 10.2 Å². The lowest BCUT2D eigenvalue weighted by atomic mass is 9.85. The second kappa shape index (κ2) is 6.15. The maximum absolute atomic E-state index is 12.7. The van der Waals surface area contributed by atoms with Crippen molar-refractivity contribution in [3.05, 3.63) is 22.8 Å². The molecule has 2 heterocycles. The SMILES string of the molecule is Cc1cc(C(=O)NCC2C3CN(CC4CCC4)CC23)c2c(c1N)CCO2. The Morgan fingerprint density at radius 3 is 2.81 bits per heavy atom. The van der Waals surface area contributed by atoms with Crippen LogP contribution >= 0.6 is 0 Å². The van der Waals surface area contributed by atoms with Crippen LogP contribution in [0, 0.1) is 30.6 Å². The molecule has 4 aliphatic rings. The summed E-state index contributed by atoms with van der Waals surface area (Å²) in [4.78, 5) is 15.4. The lowest BCUT2D eigenvalue weighted by molar-refractivity contribution is 0.0945. The van der Waals surface area contributed by atoms with E-state index in [1.165, 1.54) is 38.9 Å². The summed E-state index contributed by atoms with van der Waals surface area (Å²) in [5.41, 5.74) is 9.54. The van der Waals surface area contributed by atoms with Crippen LogP contribution in [0.25, 0.3) is 0 Å². The maximum atomic E-state index is 12.7. The number of piperidine rings is 1. The number of amides is 1. The van der Waals surface area contributed by atoms with E-state index in [0.29, 0.717) is 23.8 Å². The van der Waals surface area contributed by atoms with Crippen LogP contribution < -0.4 is 15.8 Å². The van der Waals surface area contributed by atoms with E-state index in [9.17, 15) is 4.79 Å². The Balaban J connectivity index is 1.16. The Labute approximate surface area is 155 Å². The van der Waals surface area contributed by atoms with Crippen molar-refractivity contribution < 1.29 is 9.53 Å². The van der Waals surface area contributed by atoms with Gasteiger partial charge < -0.3 is 20.7 Å². The smallest absolute Gasteiger partial charge is 0.255 e. The minimum absolute atomic E-state index is 0.0115. The standard InChI is InChI=1S/C21H29N3O2/c1-12-7-15(20-14(19(12)22)5-6-26-20)21(25)23-8-16-17-10-24(11-18(16)17)9-13-3-2-4-13/h7,13,16-18H,2-6,8-11,22H2,1H3,(H,23,25). The van der Waals surface area contributed by atoms with Crippen LogP contribution in [0.2, 0.25) is 0 Å². The molecule has 3 N–H and O–H groups in total. The van der Waals surface area contributed by atoms with Gasteiger partial charge in [0.1, 0.15) is 5.75 Å². The topological polar surface area (TPSA) is 67.6 Å². The molecule has 1 aromatic rings. The highest BCUT2D eigenvalue weighted by Crippen LogP contribution is 2.51. The number of anilines is 1. The summed E-state index contributed by atoms with van der Waals surface area (Å²) in [6.45, 7) is 7.16. The molecule has 0 bridgehead atoms. The van der Waals surface area contributed by atoms with Crippen molar-refractivity contribution in [3.63, 3.8) is 0 Å². The van der Waals surface area contributed by atoms with E-state index in [4.69, 9.17) is 10.5 Å². The number of rotatable bonds is 5. The molecule has 2 aliphatic heterocycles. The van der Waals surface area contributed by atoms with Gasteiger partial charge in [0, 0.05) is 43.9 Å². The van der Waals surface area contributed by atoms with E-state index in [2.05, 4.69) is 10.2 Å². The Bertz CT molecular complexity index is 731. The van der Waals surface area contributed by atoms with Gasteiger partial charge in [-0.3, -0.25) is 4.79 Å². The molecule has 140 valence electrons. The molecule has 1 aromatic carbocycles. The number of benzene rings is 1. The lowest BCUT2D eigenvalue weighted by Crippen LogP contribution is -2.35. The summed E-state index contributed by atoms with van der Waals surface area (Å²) in [7, 11) is 0. The van der Waals surface area contributed by atoms with Crippen LogP contribution in [0.3, 0.4) is 0 Å². The van der Waals surface area contributed by atoms with Gasteiger partial charge in [-0.25, -0.2) is 0 Å². The Morgan fingerprint density at radius 2 is 2.12 bits per heavy atom. The predicted octanol–water partition coefficient (Wildman–Crippen LogP) is 2.22. The highest BCUT2D eigenvalue weighted by atomic mass is 16.5. The predicted molar refractivity (Wildman–Crippen MR) is 101 cm³/mol. The molecule has 5 nitrogen and oxygen atoms in total. The molecule has 1 saturated heterocycles. The van der Waals surface area contributed by atoms with Gasteiger partial charge in [0.2, 0.25) is 0 Å². The zero-order valence-electron chi connectivity index (χ0n) is 15.6. The minimum Gasteiger partial charge on any atom is -0.492 e. The third-order valence-electron chi connectivity index (χ3n) is 7.16. The van der Waals surface area contributed by atoms with Crippen LogP contribution in [-0.4, -0.2) is 43.6 Å². The fourth-order valence-corrected chi connectivity index (χ4v) is 5.25. The van der Waals surface area contributed by atoms with Crippen molar-refractivity contribution in [2.75, 3.05) is 38.5 Å². The fourth-order valence-electron chi connectivity index (χ4n) is 5.25. The quantitative estimate of drug-likeness (QED) is 0.795. The number of fused-ring (bicyclic) bond motifs is 2. The summed E-state index contributed by atoms with van der Waals surface area (Å²) in [6, 6.07) is 1.88. The van der Waals surface area contributed by atoms with Gasteiger partial charge in [0.05, 0.1) is 12.2 Å². The summed E-state index contributed by atoms with van der Waals surface area (Å²) in [5, 5.41) is 3.17. The molecule has 2 atom stereocenters. The number of aryl methyl sites for hydroxylation is 1. The average Bonchev–Trinajstić information content (AvgIpc) is 2.98. The molecule has 3 fully saturated rings. The Kier molecular flexibility index (Phi) is 3.89. The average molecular weight is 355 g/mol. The lowest BCUT2D eigenvalue weighted by Gasteiger charge is -2.31. The van der Waals surface area contributed by atoms with Gasteiger partial charge in [-0.1, -0.05) is 6.42 Å². The first-order valence-electron chi connectivity index (χ1n) is 10.2. The van der Waals surface area contributed by atoms with E-state index in [-0.39, 0.29) is 5.91 Å². The third kappa shape index (κ3) is 2.68. The fraction of sp³-hybridized carbons (Fsp3) is 0.667. The van der Waals surface area contributed by atoms with Gasteiger partial charge in [-0.05, 0) is 55.1 Å². The summed E-state index contributed by atoms with van der Waals surface area (Å²) in [6.07, 6.45) is 5.09. The van der Waals surface area contributed by atoms with Gasteiger partial charge >= 0.3 is 0 Å². The van der Waals surface area contributed by atoms with E-state index in [0.717, 1.165) is 47.5 Å². The third-order valence-corrected chi connectivity index (χ3v) is 7.16. The molecule has 0 aromatic heterocycles. The Hall–Kier alpha value is -1.75. The normalized spacial score (nSPS) is 29.7. The van der Waals surface area contributed by atoms with Crippen molar-refractivity contribution >= 4 is 11.6 Å². The number of hydrogen-bond donors (Lipinski definition) is 2. The highest BCUT2D eigenvalue weighted by Gasteiger charge is 2.55. The van der Waals surface area contributed by atoms with Crippen LogP contribution in [0.15, 0.2) is 6.07 Å². The van der Waals surface area contributed by atoms with Crippen LogP contribution in [0.5, 0.6) is 5.75 Å². The number of hydrogen-bond acceptors (Lipinski definition) is 4. The summed E-state index contributed by atoms with van der Waals surface area (Å²) in [5.74, 6) is 3.91. The molecule has 2 unspecified atom stereocenters. The van der Waals surface area contributed by atoms with E-state index in [1.807, 2.05) is 13.0 Å².